The first-order valence-corrected chi connectivity index (χ1v) is 10.7. The van der Waals surface area contributed by atoms with Crippen molar-refractivity contribution in [2.75, 3.05) is 6.61 Å². The number of carbonyl (C=O) groups is 2. The monoisotopic (exact) mass is 483 g/mol. The predicted octanol–water partition coefficient (Wildman–Crippen LogP) is 3.57. The molecule has 0 spiro atoms. The van der Waals surface area contributed by atoms with Crippen molar-refractivity contribution in [2.45, 2.75) is 38.0 Å². The highest BCUT2D eigenvalue weighted by Gasteiger charge is 2.47. The van der Waals surface area contributed by atoms with E-state index < -0.39 is 18.3 Å². The number of amides is 2. The number of halogens is 4. The van der Waals surface area contributed by atoms with Crippen LogP contribution in [0.3, 0.4) is 0 Å². The van der Waals surface area contributed by atoms with Crippen LogP contribution in [0.2, 0.25) is 5.02 Å². The van der Waals surface area contributed by atoms with Gasteiger partial charge in [-0.15, -0.1) is 0 Å². The molecule has 11 heteroatoms. The summed E-state index contributed by atoms with van der Waals surface area (Å²) in [5, 5.41) is 5.83. The van der Waals surface area contributed by atoms with Gasteiger partial charge in [0, 0.05) is 18.2 Å². The molecule has 1 aromatic carbocycles. The molecule has 3 fully saturated rings. The van der Waals surface area contributed by atoms with Gasteiger partial charge in [-0.1, -0.05) is 11.6 Å². The maximum Gasteiger partial charge on any atom is 0.387 e. The molecule has 2 bridgehead atoms. The summed E-state index contributed by atoms with van der Waals surface area (Å²) < 4.78 is 47.5. The van der Waals surface area contributed by atoms with Crippen molar-refractivity contribution in [1.29, 1.82) is 0 Å². The molecule has 33 heavy (non-hydrogen) atoms. The lowest BCUT2D eigenvalue weighted by molar-refractivity contribution is -0.125. The van der Waals surface area contributed by atoms with Gasteiger partial charge < -0.3 is 20.1 Å². The zero-order valence-electron chi connectivity index (χ0n) is 17.3. The molecule has 0 saturated heterocycles. The number of pyridine rings is 1. The van der Waals surface area contributed by atoms with E-state index in [0.29, 0.717) is 18.3 Å². The van der Waals surface area contributed by atoms with Crippen LogP contribution in [-0.4, -0.2) is 42.1 Å². The SMILES string of the molecule is O=C(COc1ccc(Cl)c(F)c1)N[C@H]1C[C@@H](NC(=O)c2ccc(OC(F)F)cn2)C2CC1C2. The molecule has 3 aliphatic carbocycles. The van der Waals surface area contributed by atoms with Crippen molar-refractivity contribution >= 4 is 23.4 Å². The third-order valence-electron chi connectivity index (χ3n) is 5.97. The van der Waals surface area contributed by atoms with Gasteiger partial charge in [-0.25, -0.2) is 9.37 Å². The number of hydrogen-bond acceptors (Lipinski definition) is 5. The van der Waals surface area contributed by atoms with Crippen LogP contribution in [0.1, 0.15) is 29.8 Å². The van der Waals surface area contributed by atoms with Gasteiger partial charge >= 0.3 is 6.61 Å². The predicted molar refractivity (Wildman–Crippen MR) is 112 cm³/mol. The molecule has 0 unspecified atom stereocenters. The van der Waals surface area contributed by atoms with Gasteiger partial charge in [-0.3, -0.25) is 9.59 Å². The first kappa shape index (κ1) is 23.2. The Bertz CT molecular complexity index is 1020. The number of carbonyl (C=O) groups excluding carboxylic acids is 2. The van der Waals surface area contributed by atoms with E-state index in [4.69, 9.17) is 16.3 Å². The first-order chi connectivity index (χ1) is 15.8. The Balaban J connectivity index is 1.28. The minimum Gasteiger partial charge on any atom is -0.484 e. The molecule has 176 valence electrons. The van der Waals surface area contributed by atoms with E-state index in [9.17, 15) is 22.8 Å². The zero-order valence-corrected chi connectivity index (χ0v) is 18.0. The van der Waals surface area contributed by atoms with Crippen LogP contribution >= 0.6 is 11.6 Å². The van der Waals surface area contributed by atoms with Crippen molar-refractivity contribution in [3.63, 3.8) is 0 Å². The standard InChI is InChI=1S/C22H21ClF3N3O4/c23-15-3-1-13(7-16(15)24)32-10-20(30)28-18-8-19(12-5-11(18)6-12)29-21(31)17-4-2-14(9-27-17)33-22(25)26/h1-4,7,9,11-12,18-19,22H,5-6,8,10H2,(H,28,30)(H,29,31)/t11?,12?,18-,19+/m0/s1. The van der Waals surface area contributed by atoms with E-state index in [2.05, 4.69) is 20.4 Å². The summed E-state index contributed by atoms with van der Waals surface area (Å²) in [6.45, 7) is -3.24. The van der Waals surface area contributed by atoms with E-state index in [0.717, 1.165) is 25.1 Å². The Labute approximate surface area is 192 Å². The molecule has 5 rings (SSSR count). The summed E-state index contributed by atoms with van der Waals surface area (Å²) in [5.41, 5.74) is 0.0854. The summed E-state index contributed by atoms with van der Waals surface area (Å²) in [6.07, 6.45) is 3.35. The minimum absolute atomic E-state index is 0.0331. The van der Waals surface area contributed by atoms with Crippen LogP contribution in [0, 0.1) is 17.7 Å². The summed E-state index contributed by atoms with van der Waals surface area (Å²) in [6, 6.07) is 6.21. The van der Waals surface area contributed by atoms with E-state index in [1.54, 1.807) is 0 Å². The maximum absolute atomic E-state index is 13.5. The van der Waals surface area contributed by atoms with Gasteiger partial charge in [0.05, 0.1) is 11.2 Å². The van der Waals surface area contributed by atoms with Crippen LogP contribution in [0.5, 0.6) is 11.5 Å². The third-order valence-corrected chi connectivity index (χ3v) is 6.28. The summed E-state index contributed by atoms with van der Waals surface area (Å²) in [5.74, 6) is -0.707. The molecular weight excluding hydrogens is 463 g/mol. The number of alkyl halides is 2. The topological polar surface area (TPSA) is 89.6 Å². The van der Waals surface area contributed by atoms with Gasteiger partial charge in [0.25, 0.3) is 11.8 Å². The molecule has 1 aromatic heterocycles. The molecule has 2 amide bonds. The smallest absolute Gasteiger partial charge is 0.387 e. The van der Waals surface area contributed by atoms with E-state index in [1.165, 1.54) is 24.3 Å². The average molecular weight is 484 g/mol. The molecule has 0 aliphatic heterocycles. The lowest BCUT2D eigenvalue weighted by atomic mass is 9.60. The fraction of sp³-hybridized carbons (Fsp3) is 0.409. The molecule has 2 aromatic rings. The Morgan fingerprint density at radius 2 is 1.76 bits per heavy atom. The first-order valence-electron chi connectivity index (χ1n) is 10.4. The van der Waals surface area contributed by atoms with Gasteiger partial charge in [0.2, 0.25) is 0 Å². The molecule has 2 N–H and O–H groups in total. The van der Waals surface area contributed by atoms with Crippen molar-refractivity contribution in [1.82, 2.24) is 15.6 Å². The zero-order chi connectivity index (χ0) is 23.5. The van der Waals surface area contributed by atoms with Crippen LogP contribution < -0.4 is 20.1 Å². The average Bonchev–Trinajstić information content (AvgIpc) is 2.73. The lowest BCUT2D eigenvalue weighted by Gasteiger charge is -2.51. The number of aromatic nitrogens is 1. The van der Waals surface area contributed by atoms with Crippen LogP contribution in [0.15, 0.2) is 36.5 Å². The Kier molecular flexibility index (Phi) is 6.92. The normalized spacial score (nSPS) is 23.4. The number of hydrogen-bond donors (Lipinski definition) is 2. The summed E-state index contributed by atoms with van der Waals surface area (Å²) >= 11 is 5.63. The van der Waals surface area contributed by atoms with E-state index in [1.807, 2.05) is 0 Å². The molecule has 1 heterocycles. The molecule has 3 aliphatic rings. The van der Waals surface area contributed by atoms with Gasteiger partial charge in [0.1, 0.15) is 23.0 Å². The molecule has 3 saturated carbocycles. The fourth-order valence-electron chi connectivity index (χ4n) is 4.27. The number of ether oxygens (including phenoxy) is 2. The number of nitrogens with one attached hydrogen (secondary N) is 2. The highest BCUT2D eigenvalue weighted by Crippen LogP contribution is 2.45. The van der Waals surface area contributed by atoms with E-state index >= 15 is 0 Å². The molecule has 7 nitrogen and oxygen atoms in total. The fourth-order valence-corrected chi connectivity index (χ4v) is 4.39. The second-order valence-electron chi connectivity index (χ2n) is 8.10. The number of fused-ring (bicyclic) bond motifs is 2. The van der Waals surface area contributed by atoms with Crippen molar-refractivity contribution in [3.8, 4) is 11.5 Å². The molecule has 0 radical (unpaired) electrons. The number of nitrogens with zero attached hydrogens (tertiary/aromatic N) is 1. The number of rotatable bonds is 8. The Morgan fingerprint density at radius 3 is 2.39 bits per heavy atom. The largest absolute Gasteiger partial charge is 0.484 e. The Hall–Kier alpha value is -3.01. The van der Waals surface area contributed by atoms with Crippen LogP contribution in [-0.2, 0) is 4.79 Å². The van der Waals surface area contributed by atoms with Crippen LogP contribution in [0.4, 0.5) is 13.2 Å². The quantitative estimate of drug-likeness (QED) is 0.599. The van der Waals surface area contributed by atoms with Crippen LogP contribution in [0.25, 0.3) is 0 Å². The summed E-state index contributed by atoms with van der Waals surface area (Å²) in [4.78, 5) is 28.8. The van der Waals surface area contributed by atoms with Gasteiger partial charge in [-0.05, 0) is 55.4 Å². The highest BCUT2D eigenvalue weighted by atomic mass is 35.5. The minimum atomic E-state index is -2.97. The van der Waals surface area contributed by atoms with Gasteiger partial charge in [0.15, 0.2) is 6.61 Å². The van der Waals surface area contributed by atoms with Crippen molar-refractivity contribution in [2.24, 2.45) is 11.8 Å². The third kappa shape index (κ3) is 5.68. The van der Waals surface area contributed by atoms with Gasteiger partial charge in [-0.2, -0.15) is 8.78 Å². The lowest BCUT2D eigenvalue weighted by Crippen LogP contribution is -2.60. The molecule has 2 atom stereocenters. The maximum atomic E-state index is 13.5. The second kappa shape index (κ2) is 9.86. The van der Waals surface area contributed by atoms with Crippen molar-refractivity contribution < 1.29 is 32.2 Å². The van der Waals surface area contributed by atoms with E-state index in [-0.39, 0.29) is 46.8 Å². The second-order valence-corrected chi connectivity index (χ2v) is 8.51. The highest BCUT2D eigenvalue weighted by molar-refractivity contribution is 6.30. The summed E-state index contributed by atoms with van der Waals surface area (Å²) in [7, 11) is 0. The molecular formula is C22H21ClF3N3O4. The van der Waals surface area contributed by atoms with Crippen molar-refractivity contribution in [3.05, 3.63) is 53.1 Å². The Morgan fingerprint density at radius 1 is 1.06 bits per heavy atom. The number of benzene rings is 1.